The van der Waals surface area contributed by atoms with Gasteiger partial charge in [0.05, 0.1) is 0 Å². The zero-order chi connectivity index (χ0) is 13.3. The third-order valence-electron chi connectivity index (χ3n) is 3.92. The number of hydrogen-bond acceptors (Lipinski definition) is 2. The van der Waals surface area contributed by atoms with E-state index in [-0.39, 0.29) is 5.54 Å². The molecule has 1 aromatic rings. The van der Waals surface area contributed by atoms with Crippen molar-refractivity contribution in [3.8, 4) is 0 Å². The molecule has 0 aliphatic carbocycles. The lowest BCUT2D eigenvalue weighted by molar-refractivity contribution is 0.462. The molecular weight excluding hydrogens is 244 g/mol. The highest BCUT2D eigenvalue weighted by Crippen LogP contribution is 2.37. The third kappa shape index (κ3) is 2.65. The molecular formula is C15H23ClN2. The highest BCUT2D eigenvalue weighted by molar-refractivity contribution is 6.31. The summed E-state index contributed by atoms with van der Waals surface area (Å²) in [4.78, 5) is 2.49. The average Bonchev–Trinajstić information content (AvgIpc) is 2.58. The summed E-state index contributed by atoms with van der Waals surface area (Å²) in [5.74, 6) is 0.713. The van der Waals surface area contributed by atoms with Crippen LogP contribution < -0.4 is 10.2 Å². The maximum atomic E-state index is 6.24. The van der Waals surface area contributed by atoms with Crippen LogP contribution in [0.5, 0.6) is 0 Å². The van der Waals surface area contributed by atoms with Gasteiger partial charge in [-0.25, -0.2) is 0 Å². The molecule has 0 saturated carbocycles. The molecule has 1 aliphatic rings. The molecule has 3 heteroatoms. The molecule has 18 heavy (non-hydrogen) atoms. The van der Waals surface area contributed by atoms with E-state index in [2.05, 4.69) is 42.3 Å². The SMILES string of the molecule is CNCC1CN(c2ccc(C)c(Cl)c2)C(C)(C)C1. The summed E-state index contributed by atoms with van der Waals surface area (Å²) >= 11 is 6.24. The number of anilines is 1. The van der Waals surface area contributed by atoms with Crippen molar-refractivity contribution in [3.05, 3.63) is 28.8 Å². The molecule has 0 amide bonds. The Morgan fingerprint density at radius 2 is 2.17 bits per heavy atom. The van der Waals surface area contributed by atoms with Gasteiger partial charge in [-0.2, -0.15) is 0 Å². The molecule has 1 unspecified atom stereocenters. The fourth-order valence-electron chi connectivity index (χ4n) is 3.02. The smallest absolute Gasteiger partial charge is 0.0455 e. The van der Waals surface area contributed by atoms with Gasteiger partial charge in [0.1, 0.15) is 0 Å². The lowest BCUT2D eigenvalue weighted by atomic mass is 9.96. The Kier molecular flexibility index (Phi) is 3.88. The molecule has 0 spiro atoms. The Labute approximate surface area is 115 Å². The Balaban J connectivity index is 2.24. The van der Waals surface area contributed by atoms with E-state index in [9.17, 15) is 0 Å². The number of aryl methyl sites for hydroxylation is 1. The summed E-state index contributed by atoms with van der Waals surface area (Å²) in [5, 5.41) is 4.15. The molecule has 100 valence electrons. The highest BCUT2D eigenvalue weighted by Gasteiger charge is 2.37. The molecule has 1 heterocycles. The molecule has 1 aliphatic heterocycles. The van der Waals surface area contributed by atoms with Gasteiger partial charge in [-0.15, -0.1) is 0 Å². The van der Waals surface area contributed by atoms with Gasteiger partial charge in [-0.1, -0.05) is 17.7 Å². The predicted molar refractivity (Wildman–Crippen MR) is 79.6 cm³/mol. The van der Waals surface area contributed by atoms with Crippen LogP contribution in [-0.4, -0.2) is 25.7 Å². The van der Waals surface area contributed by atoms with Crippen LogP contribution in [0.25, 0.3) is 0 Å². The minimum Gasteiger partial charge on any atom is -0.366 e. The zero-order valence-corrected chi connectivity index (χ0v) is 12.5. The van der Waals surface area contributed by atoms with Crippen LogP contribution in [0.4, 0.5) is 5.69 Å². The van der Waals surface area contributed by atoms with Crippen LogP contribution in [0.3, 0.4) is 0 Å². The van der Waals surface area contributed by atoms with E-state index in [0.29, 0.717) is 5.92 Å². The molecule has 0 bridgehead atoms. The standard InChI is InChI=1S/C15H23ClN2/c1-11-5-6-13(7-14(11)16)18-10-12(9-17-4)8-15(18,2)3/h5-7,12,17H,8-10H2,1-4H3. The molecule has 1 aromatic carbocycles. The first kappa shape index (κ1) is 13.7. The molecule has 0 radical (unpaired) electrons. The van der Waals surface area contributed by atoms with Crippen molar-refractivity contribution in [3.63, 3.8) is 0 Å². The molecule has 0 aromatic heterocycles. The maximum Gasteiger partial charge on any atom is 0.0455 e. The van der Waals surface area contributed by atoms with Gasteiger partial charge < -0.3 is 10.2 Å². The van der Waals surface area contributed by atoms with Crippen molar-refractivity contribution in [2.75, 3.05) is 25.0 Å². The first-order valence-electron chi connectivity index (χ1n) is 6.62. The minimum absolute atomic E-state index is 0.208. The number of nitrogens with one attached hydrogen (secondary N) is 1. The van der Waals surface area contributed by atoms with E-state index >= 15 is 0 Å². The van der Waals surface area contributed by atoms with Crippen molar-refractivity contribution in [1.29, 1.82) is 0 Å². The third-order valence-corrected chi connectivity index (χ3v) is 4.33. The molecule has 2 nitrogen and oxygen atoms in total. The maximum absolute atomic E-state index is 6.24. The lowest BCUT2D eigenvalue weighted by Crippen LogP contribution is -2.38. The molecule has 2 rings (SSSR count). The molecule has 1 atom stereocenters. The van der Waals surface area contributed by atoms with Crippen LogP contribution in [0.1, 0.15) is 25.8 Å². The van der Waals surface area contributed by atoms with Crippen LogP contribution >= 0.6 is 11.6 Å². The summed E-state index contributed by atoms with van der Waals surface area (Å²) in [6.07, 6.45) is 1.22. The zero-order valence-electron chi connectivity index (χ0n) is 11.8. The normalized spacial score (nSPS) is 22.5. The molecule has 1 fully saturated rings. The van der Waals surface area contributed by atoms with Crippen molar-refractivity contribution in [2.45, 2.75) is 32.7 Å². The second-order valence-corrected chi connectivity index (χ2v) is 6.39. The average molecular weight is 267 g/mol. The van der Waals surface area contributed by atoms with E-state index in [1.807, 2.05) is 14.0 Å². The second kappa shape index (κ2) is 5.10. The number of halogens is 1. The van der Waals surface area contributed by atoms with Gasteiger partial charge >= 0.3 is 0 Å². The Bertz CT molecular complexity index is 429. The highest BCUT2D eigenvalue weighted by atomic mass is 35.5. The van der Waals surface area contributed by atoms with E-state index in [1.165, 1.54) is 12.1 Å². The van der Waals surface area contributed by atoms with E-state index in [1.54, 1.807) is 0 Å². The number of rotatable bonds is 3. The summed E-state index contributed by atoms with van der Waals surface area (Å²) in [6.45, 7) is 8.87. The molecule has 1 saturated heterocycles. The Hall–Kier alpha value is -0.730. The van der Waals surface area contributed by atoms with E-state index in [0.717, 1.165) is 23.7 Å². The lowest BCUT2D eigenvalue weighted by Gasteiger charge is -2.33. The minimum atomic E-state index is 0.208. The predicted octanol–water partition coefficient (Wildman–Crippen LogP) is 3.47. The van der Waals surface area contributed by atoms with Gasteiger partial charge in [0.25, 0.3) is 0 Å². The summed E-state index contributed by atoms with van der Waals surface area (Å²) in [6, 6.07) is 6.39. The van der Waals surface area contributed by atoms with Gasteiger partial charge in [0, 0.05) is 22.8 Å². The van der Waals surface area contributed by atoms with Crippen LogP contribution in [0.2, 0.25) is 5.02 Å². The topological polar surface area (TPSA) is 15.3 Å². The van der Waals surface area contributed by atoms with Gasteiger partial charge in [0.2, 0.25) is 0 Å². The monoisotopic (exact) mass is 266 g/mol. The largest absolute Gasteiger partial charge is 0.366 e. The van der Waals surface area contributed by atoms with Gasteiger partial charge in [0.15, 0.2) is 0 Å². The summed E-state index contributed by atoms with van der Waals surface area (Å²) in [5.41, 5.74) is 2.60. The Morgan fingerprint density at radius 3 is 2.78 bits per heavy atom. The summed E-state index contributed by atoms with van der Waals surface area (Å²) < 4.78 is 0. The first-order chi connectivity index (χ1) is 8.44. The van der Waals surface area contributed by atoms with E-state index in [4.69, 9.17) is 11.6 Å². The fraction of sp³-hybridized carbons (Fsp3) is 0.600. The number of benzene rings is 1. The van der Waals surface area contributed by atoms with Gasteiger partial charge in [-0.05, 0) is 64.4 Å². The van der Waals surface area contributed by atoms with Crippen molar-refractivity contribution in [2.24, 2.45) is 5.92 Å². The van der Waals surface area contributed by atoms with Crippen molar-refractivity contribution >= 4 is 17.3 Å². The van der Waals surface area contributed by atoms with Crippen molar-refractivity contribution < 1.29 is 0 Å². The number of nitrogens with zero attached hydrogens (tertiary/aromatic N) is 1. The second-order valence-electron chi connectivity index (χ2n) is 5.98. The molecule has 1 N–H and O–H groups in total. The summed E-state index contributed by atoms with van der Waals surface area (Å²) in [7, 11) is 2.03. The van der Waals surface area contributed by atoms with Crippen LogP contribution in [0, 0.1) is 12.8 Å². The Morgan fingerprint density at radius 1 is 1.44 bits per heavy atom. The fourth-order valence-corrected chi connectivity index (χ4v) is 3.19. The van der Waals surface area contributed by atoms with E-state index < -0.39 is 0 Å². The van der Waals surface area contributed by atoms with Crippen LogP contribution in [-0.2, 0) is 0 Å². The van der Waals surface area contributed by atoms with Crippen LogP contribution in [0.15, 0.2) is 18.2 Å². The number of hydrogen-bond donors (Lipinski definition) is 1. The quantitative estimate of drug-likeness (QED) is 0.901. The van der Waals surface area contributed by atoms with Gasteiger partial charge in [-0.3, -0.25) is 0 Å². The van der Waals surface area contributed by atoms with Crippen molar-refractivity contribution in [1.82, 2.24) is 5.32 Å². The first-order valence-corrected chi connectivity index (χ1v) is 7.00.